The molecule has 1 aliphatic rings. The van der Waals surface area contributed by atoms with Crippen molar-refractivity contribution in [2.75, 3.05) is 7.11 Å². The summed E-state index contributed by atoms with van der Waals surface area (Å²) >= 11 is 0. The topological polar surface area (TPSA) is 77.5 Å². The second-order valence-corrected chi connectivity index (χ2v) is 5.98. The largest absolute Gasteiger partial charge is 0.480 e. The van der Waals surface area contributed by atoms with Crippen molar-refractivity contribution in [1.29, 1.82) is 0 Å². The van der Waals surface area contributed by atoms with Gasteiger partial charge in [0.25, 0.3) is 5.91 Å². The van der Waals surface area contributed by atoms with E-state index in [1.807, 2.05) is 0 Å². The normalized spacial score (nSPS) is 22.0. The zero-order valence-electron chi connectivity index (χ0n) is 13.9. The fourth-order valence-electron chi connectivity index (χ4n) is 2.82. The standard InChI is InChI=1S/C17H24N2O4/c1-11-7-4-5-9-14(11)19-15(20)12(2)23-17(21)13-8-6-10-18-16(13)22-3/h6,8,10-12,14H,4-5,7,9H2,1-3H3,(H,19,20)/t11-,12-,14+/m1/s1. The summed E-state index contributed by atoms with van der Waals surface area (Å²) in [6.07, 6.45) is 5.09. The van der Waals surface area contributed by atoms with Crippen LogP contribution in [-0.2, 0) is 9.53 Å². The highest BCUT2D eigenvalue weighted by atomic mass is 16.5. The summed E-state index contributed by atoms with van der Waals surface area (Å²) in [6.45, 7) is 3.71. The molecule has 2 rings (SSSR count). The van der Waals surface area contributed by atoms with Crippen LogP contribution >= 0.6 is 0 Å². The number of hydrogen-bond acceptors (Lipinski definition) is 5. The molecule has 0 aromatic carbocycles. The molecule has 1 aliphatic carbocycles. The number of methoxy groups -OCH3 is 1. The zero-order valence-corrected chi connectivity index (χ0v) is 13.9. The summed E-state index contributed by atoms with van der Waals surface area (Å²) in [7, 11) is 1.43. The molecular formula is C17H24N2O4. The maximum atomic E-state index is 12.2. The number of nitrogens with one attached hydrogen (secondary N) is 1. The van der Waals surface area contributed by atoms with Gasteiger partial charge in [-0.2, -0.15) is 0 Å². The summed E-state index contributed by atoms with van der Waals surface area (Å²) in [5.41, 5.74) is 0.209. The van der Waals surface area contributed by atoms with E-state index in [1.165, 1.54) is 19.7 Å². The maximum absolute atomic E-state index is 12.2. The number of hydrogen-bond donors (Lipinski definition) is 1. The minimum Gasteiger partial charge on any atom is -0.480 e. The zero-order chi connectivity index (χ0) is 16.8. The number of amides is 1. The Morgan fingerprint density at radius 1 is 1.35 bits per heavy atom. The second-order valence-electron chi connectivity index (χ2n) is 5.98. The quantitative estimate of drug-likeness (QED) is 0.843. The number of carbonyl (C=O) groups excluding carboxylic acids is 2. The predicted octanol–water partition coefficient (Wildman–Crippen LogP) is 2.33. The van der Waals surface area contributed by atoms with Crippen molar-refractivity contribution in [1.82, 2.24) is 10.3 Å². The minimum atomic E-state index is -0.860. The maximum Gasteiger partial charge on any atom is 0.344 e. The number of ether oxygens (including phenoxy) is 2. The molecule has 0 spiro atoms. The van der Waals surface area contributed by atoms with Crippen molar-refractivity contribution >= 4 is 11.9 Å². The van der Waals surface area contributed by atoms with Crippen molar-refractivity contribution in [2.24, 2.45) is 5.92 Å². The van der Waals surface area contributed by atoms with Gasteiger partial charge in [-0.3, -0.25) is 4.79 Å². The van der Waals surface area contributed by atoms with E-state index >= 15 is 0 Å². The third-order valence-corrected chi connectivity index (χ3v) is 4.28. The summed E-state index contributed by atoms with van der Waals surface area (Å²) in [5, 5.41) is 2.99. The minimum absolute atomic E-state index is 0.158. The number of rotatable bonds is 5. The van der Waals surface area contributed by atoms with Crippen molar-refractivity contribution < 1.29 is 19.1 Å². The third kappa shape index (κ3) is 4.43. The van der Waals surface area contributed by atoms with Crippen LogP contribution in [0.25, 0.3) is 0 Å². The van der Waals surface area contributed by atoms with E-state index < -0.39 is 12.1 Å². The molecule has 1 aromatic heterocycles. The highest BCUT2D eigenvalue weighted by molar-refractivity contribution is 5.94. The number of carbonyl (C=O) groups is 2. The third-order valence-electron chi connectivity index (χ3n) is 4.28. The summed E-state index contributed by atoms with van der Waals surface area (Å²) in [6, 6.07) is 3.33. The Hall–Kier alpha value is -2.11. The molecule has 6 nitrogen and oxygen atoms in total. The van der Waals surface area contributed by atoms with Crippen LogP contribution in [0, 0.1) is 5.92 Å². The molecule has 6 heteroatoms. The Bertz CT molecular complexity index is 561. The lowest BCUT2D eigenvalue weighted by Gasteiger charge is -2.30. The molecule has 23 heavy (non-hydrogen) atoms. The van der Waals surface area contributed by atoms with Gasteiger partial charge in [0, 0.05) is 12.2 Å². The highest BCUT2D eigenvalue weighted by Crippen LogP contribution is 2.24. The number of esters is 1. The van der Waals surface area contributed by atoms with E-state index in [0.29, 0.717) is 5.92 Å². The predicted molar refractivity (Wildman–Crippen MR) is 85.2 cm³/mol. The Balaban J connectivity index is 1.93. The van der Waals surface area contributed by atoms with Gasteiger partial charge in [-0.05, 0) is 37.8 Å². The molecule has 0 unspecified atom stereocenters. The van der Waals surface area contributed by atoms with Crippen LogP contribution in [0.2, 0.25) is 0 Å². The first-order valence-corrected chi connectivity index (χ1v) is 8.03. The molecule has 0 saturated heterocycles. The van der Waals surface area contributed by atoms with Crippen LogP contribution in [0.3, 0.4) is 0 Å². The lowest BCUT2D eigenvalue weighted by Crippen LogP contribution is -2.46. The monoisotopic (exact) mass is 320 g/mol. The van der Waals surface area contributed by atoms with Crippen LogP contribution in [0.1, 0.15) is 49.9 Å². The summed E-state index contributed by atoms with van der Waals surface area (Å²) in [5.74, 6) is -0.241. The van der Waals surface area contributed by atoms with Gasteiger partial charge in [-0.25, -0.2) is 9.78 Å². The van der Waals surface area contributed by atoms with Gasteiger partial charge >= 0.3 is 5.97 Å². The number of aromatic nitrogens is 1. The Labute approximate surface area is 136 Å². The van der Waals surface area contributed by atoms with Gasteiger partial charge in [0.05, 0.1) is 7.11 Å². The first-order chi connectivity index (χ1) is 11.0. The van der Waals surface area contributed by atoms with E-state index in [1.54, 1.807) is 19.1 Å². The SMILES string of the molecule is COc1ncccc1C(=O)O[C@H](C)C(=O)N[C@H]1CCCC[C@H]1C. The molecule has 1 aromatic rings. The number of nitrogens with zero attached hydrogens (tertiary/aromatic N) is 1. The van der Waals surface area contributed by atoms with Crippen molar-refractivity contribution in [3.8, 4) is 5.88 Å². The lowest BCUT2D eigenvalue weighted by molar-refractivity contribution is -0.130. The lowest BCUT2D eigenvalue weighted by atomic mass is 9.86. The molecule has 3 atom stereocenters. The van der Waals surface area contributed by atoms with E-state index in [2.05, 4.69) is 17.2 Å². The van der Waals surface area contributed by atoms with Gasteiger partial charge in [0.15, 0.2) is 6.10 Å². The van der Waals surface area contributed by atoms with Gasteiger partial charge < -0.3 is 14.8 Å². The molecule has 0 aliphatic heterocycles. The summed E-state index contributed by atoms with van der Waals surface area (Å²) < 4.78 is 10.3. The average molecular weight is 320 g/mol. The van der Waals surface area contributed by atoms with Gasteiger partial charge in [0.1, 0.15) is 5.56 Å². The van der Waals surface area contributed by atoms with Crippen LogP contribution in [0.15, 0.2) is 18.3 Å². The van der Waals surface area contributed by atoms with E-state index in [9.17, 15) is 9.59 Å². The Morgan fingerprint density at radius 2 is 2.09 bits per heavy atom. The molecule has 0 radical (unpaired) electrons. The van der Waals surface area contributed by atoms with Crippen molar-refractivity contribution in [3.63, 3.8) is 0 Å². The van der Waals surface area contributed by atoms with Gasteiger partial charge in [0.2, 0.25) is 5.88 Å². The molecular weight excluding hydrogens is 296 g/mol. The summed E-state index contributed by atoms with van der Waals surface area (Å²) in [4.78, 5) is 28.4. The molecule has 1 fully saturated rings. The smallest absolute Gasteiger partial charge is 0.344 e. The molecule has 1 saturated carbocycles. The Kier molecular flexibility index (Phi) is 5.96. The molecule has 1 amide bonds. The van der Waals surface area contributed by atoms with Crippen molar-refractivity contribution in [3.05, 3.63) is 23.9 Å². The van der Waals surface area contributed by atoms with Crippen LogP contribution < -0.4 is 10.1 Å². The fourth-order valence-corrected chi connectivity index (χ4v) is 2.82. The van der Waals surface area contributed by atoms with Crippen molar-refractivity contribution in [2.45, 2.75) is 51.7 Å². The fraction of sp³-hybridized carbons (Fsp3) is 0.588. The van der Waals surface area contributed by atoms with Gasteiger partial charge in [-0.1, -0.05) is 19.8 Å². The first-order valence-electron chi connectivity index (χ1n) is 8.03. The molecule has 1 N–H and O–H groups in total. The van der Waals surface area contributed by atoms with Gasteiger partial charge in [-0.15, -0.1) is 0 Å². The molecule has 1 heterocycles. The molecule has 126 valence electrons. The Morgan fingerprint density at radius 3 is 2.78 bits per heavy atom. The van der Waals surface area contributed by atoms with E-state index in [-0.39, 0.29) is 23.4 Å². The second kappa shape index (κ2) is 7.94. The van der Waals surface area contributed by atoms with E-state index in [0.717, 1.165) is 19.3 Å². The number of pyridine rings is 1. The molecule has 0 bridgehead atoms. The van der Waals surface area contributed by atoms with Crippen LogP contribution in [0.4, 0.5) is 0 Å². The van der Waals surface area contributed by atoms with E-state index in [4.69, 9.17) is 9.47 Å². The average Bonchev–Trinajstić information content (AvgIpc) is 2.56. The van der Waals surface area contributed by atoms with Crippen LogP contribution in [-0.4, -0.2) is 36.1 Å². The van der Waals surface area contributed by atoms with Crippen LogP contribution in [0.5, 0.6) is 5.88 Å². The first kappa shape index (κ1) is 17.2. The highest BCUT2D eigenvalue weighted by Gasteiger charge is 2.27.